The fraction of sp³-hybridized carbons (Fsp3) is 0.300. The number of carbonyl (C=O) groups is 2. The Balaban J connectivity index is 1.92. The predicted molar refractivity (Wildman–Crippen MR) is 52.1 cm³/mol. The normalized spacial score (nSPS) is 23.2. The number of hydrogen-bond acceptors (Lipinski definition) is 3. The molecule has 78 valence electrons. The van der Waals surface area contributed by atoms with Gasteiger partial charge in [0.2, 0.25) is 5.91 Å². The van der Waals surface area contributed by atoms with E-state index in [0.717, 1.165) is 0 Å². The van der Waals surface area contributed by atoms with Crippen LogP contribution in [0.15, 0.2) is 24.4 Å². The zero-order valence-corrected chi connectivity index (χ0v) is 7.88. The highest BCUT2D eigenvalue weighted by atomic mass is 16.4. The summed E-state index contributed by atoms with van der Waals surface area (Å²) in [7, 11) is 0. The molecular formula is C10H10N2O3. The highest BCUT2D eigenvalue weighted by molar-refractivity contribution is 5.97. The van der Waals surface area contributed by atoms with Crippen LogP contribution in [0.4, 0.5) is 5.82 Å². The molecule has 1 saturated carbocycles. The van der Waals surface area contributed by atoms with Crippen molar-refractivity contribution in [2.24, 2.45) is 11.8 Å². The Kier molecular flexibility index (Phi) is 2.37. The average Bonchev–Trinajstić information content (AvgIpc) is 2.98. The number of carbonyl (C=O) groups excluding carboxylic acids is 1. The van der Waals surface area contributed by atoms with Crippen LogP contribution >= 0.6 is 0 Å². The van der Waals surface area contributed by atoms with E-state index >= 15 is 0 Å². The molecule has 2 N–H and O–H groups in total. The minimum absolute atomic E-state index is 0.263. The van der Waals surface area contributed by atoms with Crippen molar-refractivity contribution in [3.63, 3.8) is 0 Å². The van der Waals surface area contributed by atoms with Crippen molar-refractivity contribution < 1.29 is 14.7 Å². The summed E-state index contributed by atoms with van der Waals surface area (Å²) in [5.74, 6) is -1.63. The largest absolute Gasteiger partial charge is 0.481 e. The maximum Gasteiger partial charge on any atom is 0.307 e. The molecule has 1 fully saturated rings. The molecule has 1 aromatic rings. The van der Waals surface area contributed by atoms with Gasteiger partial charge in [0.05, 0.1) is 11.8 Å². The van der Waals surface area contributed by atoms with Crippen LogP contribution in [0, 0.1) is 11.8 Å². The number of hydrogen-bond donors (Lipinski definition) is 2. The fourth-order valence-electron chi connectivity index (χ4n) is 1.41. The van der Waals surface area contributed by atoms with Gasteiger partial charge >= 0.3 is 5.97 Å². The Morgan fingerprint density at radius 3 is 2.73 bits per heavy atom. The third kappa shape index (κ3) is 2.12. The van der Waals surface area contributed by atoms with Crippen molar-refractivity contribution >= 4 is 17.7 Å². The van der Waals surface area contributed by atoms with Gasteiger partial charge in [-0.05, 0) is 18.6 Å². The highest BCUT2D eigenvalue weighted by Crippen LogP contribution is 2.39. The monoisotopic (exact) mass is 206 g/mol. The molecule has 1 heterocycles. The van der Waals surface area contributed by atoms with E-state index in [4.69, 9.17) is 5.11 Å². The first-order valence-corrected chi connectivity index (χ1v) is 4.63. The molecule has 2 atom stereocenters. The van der Waals surface area contributed by atoms with Crippen molar-refractivity contribution in [3.8, 4) is 0 Å². The van der Waals surface area contributed by atoms with E-state index in [0.29, 0.717) is 12.2 Å². The molecule has 1 aliphatic carbocycles. The van der Waals surface area contributed by atoms with Crippen LogP contribution in [-0.4, -0.2) is 22.0 Å². The molecule has 0 aromatic carbocycles. The number of rotatable bonds is 3. The smallest absolute Gasteiger partial charge is 0.307 e. The van der Waals surface area contributed by atoms with Gasteiger partial charge < -0.3 is 10.4 Å². The molecule has 1 aliphatic rings. The van der Waals surface area contributed by atoms with Crippen LogP contribution in [0.3, 0.4) is 0 Å². The summed E-state index contributed by atoms with van der Waals surface area (Å²) >= 11 is 0. The van der Waals surface area contributed by atoms with E-state index in [9.17, 15) is 9.59 Å². The van der Waals surface area contributed by atoms with Crippen molar-refractivity contribution in [1.29, 1.82) is 0 Å². The Hall–Kier alpha value is -1.91. The van der Waals surface area contributed by atoms with Crippen molar-refractivity contribution in [3.05, 3.63) is 24.4 Å². The van der Waals surface area contributed by atoms with E-state index in [-0.39, 0.29) is 5.91 Å². The summed E-state index contributed by atoms with van der Waals surface area (Å²) in [5.41, 5.74) is 0. The number of amides is 1. The second kappa shape index (κ2) is 3.68. The van der Waals surface area contributed by atoms with Crippen LogP contribution in [0.1, 0.15) is 6.42 Å². The summed E-state index contributed by atoms with van der Waals surface area (Å²) in [4.78, 5) is 25.9. The van der Waals surface area contributed by atoms with Gasteiger partial charge in [-0.3, -0.25) is 9.59 Å². The number of carboxylic acid groups (broad SMARTS) is 1. The Morgan fingerprint density at radius 1 is 1.40 bits per heavy atom. The predicted octanol–water partition coefficient (Wildman–Crippen LogP) is 0.741. The van der Waals surface area contributed by atoms with Gasteiger partial charge in [0.15, 0.2) is 0 Å². The van der Waals surface area contributed by atoms with Crippen LogP contribution in [0.2, 0.25) is 0 Å². The number of aliphatic carboxylic acids is 1. The van der Waals surface area contributed by atoms with Crippen LogP contribution in [0.25, 0.3) is 0 Å². The number of nitrogens with one attached hydrogen (secondary N) is 1. The lowest BCUT2D eigenvalue weighted by atomic mass is 10.3. The topological polar surface area (TPSA) is 79.3 Å². The van der Waals surface area contributed by atoms with Crippen molar-refractivity contribution in [1.82, 2.24) is 4.98 Å². The number of nitrogens with zero attached hydrogens (tertiary/aromatic N) is 1. The summed E-state index contributed by atoms with van der Waals surface area (Å²) in [5, 5.41) is 11.2. The molecule has 0 saturated heterocycles. The molecule has 5 nitrogen and oxygen atoms in total. The van der Waals surface area contributed by atoms with Gasteiger partial charge in [-0.25, -0.2) is 4.98 Å². The van der Waals surface area contributed by atoms with Crippen LogP contribution < -0.4 is 5.32 Å². The Labute approximate surface area is 86.1 Å². The molecule has 1 aromatic heterocycles. The average molecular weight is 206 g/mol. The number of carboxylic acids is 1. The SMILES string of the molecule is O=C(O)C1CC1C(=O)Nc1ccccn1. The molecule has 2 rings (SSSR count). The summed E-state index contributed by atoms with van der Waals surface area (Å²) < 4.78 is 0. The Bertz CT molecular complexity index is 391. The number of pyridine rings is 1. The van der Waals surface area contributed by atoms with E-state index < -0.39 is 17.8 Å². The van der Waals surface area contributed by atoms with E-state index in [1.54, 1.807) is 24.4 Å². The quantitative estimate of drug-likeness (QED) is 0.764. The highest BCUT2D eigenvalue weighted by Gasteiger charge is 2.48. The standard InChI is InChI=1S/C10H10N2O3/c13-9(6-5-7(6)10(14)15)12-8-3-1-2-4-11-8/h1-4,6-7H,5H2,(H,14,15)(H,11,12,13). The van der Waals surface area contributed by atoms with Gasteiger partial charge in [0, 0.05) is 6.20 Å². The van der Waals surface area contributed by atoms with Gasteiger partial charge in [-0.15, -0.1) is 0 Å². The Morgan fingerprint density at radius 2 is 2.20 bits per heavy atom. The fourth-order valence-corrected chi connectivity index (χ4v) is 1.41. The van der Waals surface area contributed by atoms with E-state index in [2.05, 4.69) is 10.3 Å². The lowest BCUT2D eigenvalue weighted by Crippen LogP contribution is -2.17. The molecule has 2 unspecified atom stereocenters. The van der Waals surface area contributed by atoms with E-state index in [1.807, 2.05) is 0 Å². The lowest BCUT2D eigenvalue weighted by molar-refractivity contribution is -0.139. The van der Waals surface area contributed by atoms with Gasteiger partial charge in [0.25, 0.3) is 0 Å². The van der Waals surface area contributed by atoms with Crippen molar-refractivity contribution in [2.75, 3.05) is 5.32 Å². The third-order valence-corrected chi connectivity index (χ3v) is 2.36. The summed E-state index contributed by atoms with van der Waals surface area (Å²) in [6, 6.07) is 5.16. The minimum atomic E-state index is -0.906. The zero-order valence-electron chi connectivity index (χ0n) is 7.88. The summed E-state index contributed by atoms with van der Waals surface area (Å²) in [6.45, 7) is 0. The first-order chi connectivity index (χ1) is 7.18. The molecule has 5 heteroatoms. The first-order valence-electron chi connectivity index (χ1n) is 4.63. The summed E-state index contributed by atoms with van der Waals surface area (Å²) in [6.07, 6.45) is 1.99. The van der Waals surface area contributed by atoms with E-state index in [1.165, 1.54) is 0 Å². The van der Waals surface area contributed by atoms with Gasteiger partial charge in [-0.2, -0.15) is 0 Å². The van der Waals surface area contributed by atoms with Crippen molar-refractivity contribution in [2.45, 2.75) is 6.42 Å². The number of aromatic nitrogens is 1. The van der Waals surface area contributed by atoms with Gasteiger partial charge in [0.1, 0.15) is 5.82 Å². The maximum absolute atomic E-state index is 11.5. The second-order valence-corrected chi connectivity index (χ2v) is 3.49. The minimum Gasteiger partial charge on any atom is -0.481 e. The molecule has 0 bridgehead atoms. The molecular weight excluding hydrogens is 196 g/mol. The third-order valence-electron chi connectivity index (χ3n) is 2.36. The number of anilines is 1. The van der Waals surface area contributed by atoms with Gasteiger partial charge in [-0.1, -0.05) is 6.07 Å². The van der Waals surface area contributed by atoms with Crippen LogP contribution in [-0.2, 0) is 9.59 Å². The molecule has 0 spiro atoms. The molecule has 15 heavy (non-hydrogen) atoms. The molecule has 0 aliphatic heterocycles. The zero-order chi connectivity index (χ0) is 10.8. The first kappa shape index (κ1) is 9.64. The second-order valence-electron chi connectivity index (χ2n) is 3.49. The maximum atomic E-state index is 11.5. The van der Waals surface area contributed by atoms with Crippen LogP contribution in [0.5, 0.6) is 0 Å². The lowest BCUT2D eigenvalue weighted by Gasteiger charge is -2.01. The molecule has 0 radical (unpaired) electrons. The molecule has 1 amide bonds.